The van der Waals surface area contributed by atoms with Crippen LogP contribution in [-0.2, 0) is 12.7 Å². The van der Waals surface area contributed by atoms with Crippen molar-refractivity contribution in [3.05, 3.63) is 35.4 Å². The monoisotopic (exact) mass is 373 g/mol. The largest absolute Gasteiger partial charge is 0.493 e. The average molecular weight is 373 g/mol. The molecule has 2 rings (SSSR count). The number of nitrogens with zero attached hydrogens (tertiary/aromatic N) is 2. The fraction of sp³-hybridized carbons (Fsp3) is 0.400. The van der Waals surface area contributed by atoms with Gasteiger partial charge >= 0.3 is 12.2 Å². The number of methoxy groups -OCH3 is 2. The van der Waals surface area contributed by atoms with Crippen LogP contribution in [0.1, 0.15) is 30.2 Å². The number of hydrogen-bond acceptors (Lipinski definition) is 5. The number of aromatic nitrogens is 3. The van der Waals surface area contributed by atoms with E-state index in [1.807, 2.05) is 0 Å². The highest BCUT2D eigenvalue weighted by Gasteiger charge is 2.36. The van der Waals surface area contributed by atoms with Crippen LogP contribution in [-0.4, -0.2) is 35.4 Å². The van der Waals surface area contributed by atoms with Crippen molar-refractivity contribution in [3.63, 3.8) is 0 Å². The fourth-order valence-electron chi connectivity index (χ4n) is 2.08. The number of benzene rings is 1. The standard InChI is InChI=1S/C15H18F3N5O3/c1-8(12-21-13(23-22-12)15(16,17)18)20-14(24)19-7-9-4-5-10(25-2)11(6-9)26-3/h4-6,8H,7H2,1-3H3,(H2,19,20,24)(H,21,22,23). The molecule has 0 aliphatic carbocycles. The number of H-pyrrole nitrogens is 1. The SMILES string of the molecule is COc1ccc(CNC(=O)NC(C)c2nc(C(F)(F)F)n[nH]2)cc1OC. The fourth-order valence-corrected chi connectivity index (χ4v) is 2.08. The Kier molecular flexibility index (Phi) is 5.90. The summed E-state index contributed by atoms with van der Waals surface area (Å²) in [7, 11) is 3.01. The van der Waals surface area contributed by atoms with Crippen LogP contribution in [0.15, 0.2) is 18.2 Å². The number of ether oxygens (including phenoxy) is 2. The Bertz CT molecular complexity index is 763. The maximum Gasteiger partial charge on any atom is 0.453 e. The summed E-state index contributed by atoms with van der Waals surface area (Å²) in [5.74, 6) is -0.312. The molecule has 0 saturated heterocycles. The number of halogens is 3. The molecular formula is C15H18F3N5O3. The molecule has 0 bridgehead atoms. The van der Waals surface area contributed by atoms with Crippen LogP contribution in [0.2, 0.25) is 0 Å². The van der Waals surface area contributed by atoms with Gasteiger partial charge in [0.15, 0.2) is 11.5 Å². The second kappa shape index (κ2) is 7.93. The van der Waals surface area contributed by atoms with E-state index < -0.39 is 24.1 Å². The molecule has 1 unspecified atom stereocenters. The number of urea groups is 1. The van der Waals surface area contributed by atoms with Crippen molar-refractivity contribution in [2.45, 2.75) is 25.7 Å². The zero-order valence-electron chi connectivity index (χ0n) is 14.3. The molecule has 8 nitrogen and oxygen atoms in total. The van der Waals surface area contributed by atoms with Crippen molar-refractivity contribution in [2.24, 2.45) is 0 Å². The predicted molar refractivity (Wildman–Crippen MR) is 84.7 cm³/mol. The Morgan fingerprint density at radius 3 is 2.54 bits per heavy atom. The van der Waals surface area contributed by atoms with Crippen molar-refractivity contribution in [2.75, 3.05) is 14.2 Å². The van der Waals surface area contributed by atoms with Crippen LogP contribution in [0, 0.1) is 0 Å². The highest BCUT2D eigenvalue weighted by Crippen LogP contribution is 2.27. The first-order valence-electron chi connectivity index (χ1n) is 7.49. The number of nitrogens with one attached hydrogen (secondary N) is 3. The quantitative estimate of drug-likeness (QED) is 0.722. The van der Waals surface area contributed by atoms with Gasteiger partial charge in [-0.3, -0.25) is 5.10 Å². The molecule has 1 atom stereocenters. The molecule has 1 aromatic heterocycles. The number of carbonyl (C=O) groups excluding carboxylic acids is 1. The van der Waals surface area contributed by atoms with Gasteiger partial charge in [0, 0.05) is 6.54 Å². The van der Waals surface area contributed by atoms with Gasteiger partial charge in [-0.2, -0.15) is 13.2 Å². The summed E-state index contributed by atoms with van der Waals surface area (Å²) in [6.07, 6.45) is -4.65. The van der Waals surface area contributed by atoms with Crippen LogP contribution in [0.5, 0.6) is 11.5 Å². The van der Waals surface area contributed by atoms with Gasteiger partial charge < -0.3 is 20.1 Å². The number of aromatic amines is 1. The molecule has 3 N–H and O–H groups in total. The maximum absolute atomic E-state index is 12.5. The van der Waals surface area contributed by atoms with E-state index in [0.29, 0.717) is 11.5 Å². The van der Waals surface area contributed by atoms with Gasteiger partial charge in [0.2, 0.25) is 0 Å². The van der Waals surface area contributed by atoms with E-state index in [1.165, 1.54) is 21.1 Å². The lowest BCUT2D eigenvalue weighted by Crippen LogP contribution is -2.37. The third-order valence-corrected chi connectivity index (χ3v) is 3.42. The molecule has 2 amide bonds. The summed E-state index contributed by atoms with van der Waals surface area (Å²) < 4.78 is 47.8. The lowest BCUT2D eigenvalue weighted by Gasteiger charge is -2.13. The Morgan fingerprint density at radius 2 is 1.96 bits per heavy atom. The molecule has 142 valence electrons. The molecule has 2 aromatic rings. The number of rotatable bonds is 6. The van der Waals surface area contributed by atoms with Crippen molar-refractivity contribution < 1.29 is 27.4 Å². The topological polar surface area (TPSA) is 101 Å². The second-order valence-corrected chi connectivity index (χ2v) is 5.28. The third kappa shape index (κ3) is 4.77. The minimum atomic E-state index is -4.65. The van der Waals surface area contributed by atoms with Crippen molar-refractivity contribution in [3.8, 4) is 11.5 Å². The van der Waals surface area contributed by atoms with E-state index >= 15 is 0 Å². The zero-order chi connectivity index (χ0) is 19.3. The van der Waals surface area contributed by atoms with Crippen LogP contribution in [0.3, 0.4) is 0 Å². The highest BCUT2D eigenvalue weighted by atomic mass is 19.4. The smallest absolute Gasteiger partial charge is 0.453 e. The Labute approximate surface area is 147 Å². The van der Waals surface area contributed by atoms with E-state index in [4.69, 9.17) is 9.47 Å². The minimum Gasteiger partial charge on any atom is -0.493 e. The summed E-state index contributed by atoms with van der Waals surface area (Å²) in [4.78, 5) is 15.2. The molecule has 0 radical (unpaired) electrons. The number of alkyl halides is 3. The molecule has 1 heterocycles. The Balaban J connectivity index is 1.91. The van der Waals surface area contributed by atoms with Gasteiger partial charge in [0.1, 0.15) is 5.82 Å². The lowest BCUT2D eigenvalue weighted by atomic mass is 10.2. The third-order valence-electron chi connectivity index (χ3n) is 3.42. The van der Waals surface area contributed by atoms with Crippen LogP contribution in [0.4, 0.5) is 18.0 Å². The summed E-state index contributed by atoms with van der Waals surface area (Å²) in [5, 5.41) is 10.3. The van der Waals surface area contributed by atoms with Crippen molar-refractivity contribution in [1.29, 1.82) is 0 Å². The molecule has 0 aliphatic heterocycles. The molecule has 1 aromatic carbocycles. The van der Waals surface area contributed by atoms with E-state index in [9.17, 15) is 18.0 Å². The summed E-state index contributed by atoms with van der Waals surface area (Å²) >= 11 is 0. The average Bonchev–Trinajstić information content (AvgIpc) is 3.10. The van der Waals surface area contributed by atoms with Gasteiger partial charge in [0.05, 0.1) is 20.3 Å². The summed E-state index contributed by atoms with van der Waals surface area (Å²) in [6.45, 7) is 1.67. The number of amides is 2. The van der Waals surface area contributed by atoms with Crippen LogP contribution < -0.4 is 20.1 Å². The highest BCUT2D eigenvalue weighted by molar-refractivity contribution is 5.74. The zero-order valence-corrected chi connectivity index (χ0v) is 14.3. The van der Waals surface area contributed by atoms with Crippen LogP contribution in [0.25, 0.3) is 0 Å². The molecular weight excluding hydrogens is 355 g/mol. The molecule has 0 fully saturated rings. The van der Waals surface area contributed by atoms with E-state index in [2.05, 4.69) is 25.8 Å². The van der Waals surface area contributed by atoms with E-state index in [1.54, 1.807) is 18.2 Å². The molecule has 0 aliphatic rings. The normalized spacial score (nSPS) is 12.4. The maximum atomic E-state index is 12.5. The number of hydrogen-bond donors (Lipinski definition) is 3. The molecule has 0 saturated carbocycles. The summed E-state index contributed by atoms with van der Waals surface area (Å²) in [6, 6.07) is 3.79. The number of carbonyl (C=O) groups is 1. The summed E-state index contributed by atoms with van der Waals surface area (Å²) in [5.41, 5.74) is 0.754. The molecule has 0 spiro atoms. The van der Waals surface area contributed by atoms with Gasteiger partial charge in [-0.15, -0.1) is 5.10 Å². The van der Waals surface area contributed by atoms with E-state index in [-0.39, 0.29) is 12.4 Å². The first kappa shape index (κ1) is 19.3. The van der Waals surface area contributed by atoms with Gasteiger partial charge in [-0.1, -0.05) is 6.07 Å². The van der Waals surface area contributed by atoms with E-state index in [0.717, 1.165) is 5.56 Å². The van der Waals surface area contributed by atoms with Crippen molar-refractivity contribution >= 4 is 6.03 Å². The minimum absolute atomic E-state index is 0.0985. The Morgan fingerprint density at radius 1 is 1.27 bits per heavy atom. The van der Waals surface area contributed by atoms with Crippen LogP contribution >= 0.6 is 0 Å². The second-order valence-electron chi connectivity index (χ2n) is 5.28. The molecule has 11 heteroatoms. The first-order valence-corrected chi connectivity index (χ1v) is 7.49. The van der Waals surface area contributed by atoms with Gasteiger partial charge in [-0.05, 0) is 24.6 Å². The predicted octanol–water partition coefficient (Wildman–Crippen LogP) is 2.40. The lowest BCUT2D eigenvalue weighted by molar-refractivity contribution is -0.144. The molecule has 26 heavy (non-hydrogen) atoms. The van der Waals surface area contributed by atoms with Gasteiger partial charge in [-0.25, -0.2) is 9.78 Å². The van der Waals surface area contributed by atoms with Crippen molar-refractivity contribution in [1.82, 2.24) is 25.8 Å². The Hall–Kier alpha value is -2.98. The van der Waals surface area contributed by atoms with Gasteiger partial charge in [0.25, 0.3) is 5.82 Å². The first-order chi connectivity index (χ1) is 12.2.